The molecule has 0 radical (unpaired) electrons. The molecule has 2 heterocycles. The van der Waals surface area contributed by atoms with Gasteiger partial charge in [0.15, 0.2) is 9.84 Å². The number of rotatable bonds is 5. The van der Waals surface area contributed by atoms with Crippen LogP contribution in [0.2, 0.25) is 0 Å². The second-order valence-corrected chi connectivity index (χ2v) is 9.67. The van der Waals surface area contributed by atoms with Gasteiger partial charge >= 0.3 is 0 Å². The van der Waals surface area contributed by atoms with E-state index in [1.54, 1.807) is 29.8 Å². The van der Waals surface area contributed by atoms with Gasteiger partial charge in [-0.2, -0.15) is 0 Å². The van der Waals surface area contributed by atoms with Crippen LogP contribution in [0.15, 0.2) is 71.9 Å². The molecule has 28 heavy (non-hydrogen) atoms. The molecule has 0 spiro atoms. The zero-order valence-electron chi connectivity index (χ0n) is 15.5. The van der Waals surface area contributed by atoms with Crippen molar-refractivity contribution in [2.75, 3.05) is 11.6 Å². The van der Waals surface area contributed by atoms with Crippen molar-refractivity contribution in [1.29, 1.82) is 0 Å². The SMILES string of the molecule is CC(Nc1ncnc2sc(-c3ccccc3)cc12)c1ccc(S(C)(=O)=O)cc1. The lowest BCUT2D eigenvalue weighted by Gasteiger charge is -2.15. The number of hydrogen-bond donors (Lipinski definition) is 1. The number of thiophene rings is 1. The Morgan fingerprint density at radius 2 is 1.71 bits per heavy atom. The maximum Gasteiger partial charge on any atom is 0.175 e. The highest BCUT2D eigenvalue weighted by Gasteiger charge is 2.14. The summed E-state index contributed by atoms with van der Waals surface area (Å²) in [5, 5.41) is 4.41. The summed E-state index contributed by atoms with van der Waals surface area (Å²) < 4.78 is 23.3. The van der Waals surface area contributed by atoms with E-state index in [1.165, 1.54) is 6.26 Å². The zero-order valence-corrected chi connectivity index (χ0v) is 17.1. The van der Waals surface area contributed by atoms with E-state index < -0.39 is 9.84 Å². The summed E-state index contributed by atoms with van der Waals surface area (Å²) >= 11 is 1.63. The largest absolute Gasteiger partial charge is 0.363 e. The molecule has 4 aromatic rings. The van der Waals surface area contributed by atoms with Crippen LogP contribution in [0.5, 0.6) is 0 Å². The van der Waals surface area contributed by atoms with Gasteiger partial charge in [0.2, 0.25) is 0 Å². The van der Waals surface area contributed by atoms with Crippen molar-refractivity contribution in [3.63, 3.8) is 0 Å². The van der Waals surface area contributed by atoms with Crippen molar-refractivity contribution in [2.24, 2.45) is 0 Å². The first-order valence-electron chi connectivity index (χ1n) is 8.78. The molecule has 2 aromatic carbocycles. The molecule has 4 rings (SSSR count). The highest BCUT2D eigenvalue weighted by Crippen LogP contribution is 2.35. The number of sulfone groups is 1. The first-order valence-corrected chi connectivity index (χ1v) is 11.5. The molecule has 0 amide bonds. The van der Waals surface area contributed by atoms with Gasteiger partial charge in [0.25, 0.3) is 0 Å². The first kappa shape index (κ1) is 18.6. The number of fused-ring (bicyclic) bond motifs is 1. The van der Waals surface area contributed by atoms with E-state index >= 15 is 0 Å². The lowest BCUT2D eigenvalue weighted by molar-refractivity contribution is 0.602. The lowest BCUT2D eigenvalue weighted by atomic mass is 10.1. The van der Waals surface area contributed by atoms with E-state index in [1.807, 2.05) is 37.3 Å². The van der Waals surface area contributed by atoms with Gasteiger partial charge in [-0.1, -0.05) is 42.5 Å². The quantitative estimate of drug-likeness (QED) is 0.506. The van der Waals surface area contributed by atoms with Crippen LogP contribution in [0.25, 0.3) is 20.7 Å². The second kappa shape index (κ2) is 7.33. The molecule has 1 unspecified atom stereocenters. The van der Waals surface area contributed by atoms with Gasteiger partial charge < -0.3 is 5.32 Å². The molecule has 7 heteroatoms. The van der Waals surface area contributed by atoms with Crippen molar-refractivity contribution in [1.82, 2.24) is 9.97 Å². The van der Waals surface area contributed by atoms with Crippen LogP contribution >= 0.6 is 11.3 Å². The summed E-state index contributed by atoms with van der Waals surface area (Å²) in [6.07, 6.45) is 2.78. The molecule has 0 aliphatic rings. The number of nitrogens with one attached hydrogen (secondary N) is 1. The van der Waals surface area contributed by atoms with E-state index in [4.69, 9.17) is 0 Å². The molecular formula is C21H19N3O2S2. The van der Waals surface area contributed by atoms with Crippen LogP contribution in [0.4, 0.5) is 5.82 Å². The number of aromatic nitrogens is 2. The van der Waals surface area contributed by atoms with Crippen molar-refractivity contribution in [2.45, 2.75) is 17.9 Å². The Labute approximate surface area is 168 Å². The third-order valence-corrected chi connectivity index (χ3v) is 6.77. The Morgan fingerprint density at radius 1 is 1.00 bits per heavy atom. The summed E-state index contributed by atoms with van der Waals surface area (Å²) in [6.45, 7) is 2.02. The molecule has 0 fully saturated rings. The van der Waals surface area contributed by atoms with Crippen LogP contribution in [-0.2, 0) is 9.84 Å². The summed E-state index contributed by atoms with van der Waals surface area (Å²) in [5.74, 6) is 0.767. The van der Waals surface area contributed by atoms with Crippen LogP contribution in [0, 0.1) is 0 Å². The predicted molar refractivity (Wildman–Crippen MR) is 114 cm³/mol. The second-order valence-electron chi connectivity index (χ2n) is 6.63. The number of nitrogens with zero attached hydrogens (tertiary/aromatic N) is 2. The molecule has 1 N–H and O–H groups in total. The van der Waals surface area contributed by atoms with Crippen molar-refractivity contribution in [3.05, 3.63) is 72.6 Å². The standard InChI is InChI=1S/C21H19N3O2S2/c1-14(15-8-10-17(11-9-15)28(2,25)26)24-20-18-12-19(16-6-4-3-5-7-16)27-21(18)23-13-22-20/h3-14H,1-2H3,(H,22,23,24). The molecule has 0 saturated carbocycles. The number of benzene rings is 2. The number of hydrogen-bond acceptors (Lipinski definition) is 6. The van der Waals surface area contributed by atoms with Crippen molar-refractivity contribution in [3.8, 4) is 10.4 Å². The Bertz CT molecular complexity index is 1220. The maximum atomic E-state index is 11.6. The molecule has 0 aliphatic heterocycles. The van der Waals surface area contributed by atoms with Crippen LogP contribution < -0.4 is 5.32 Å². The smallest absolute Gasteiger partial charge is 0.175 e. The molecular weight excluding hydrogens is 390 g/mol. The minimum atomic E-state index is -3.20. The summed E-state index contributed by atoms with van der Waals surface area (Å²) in [6, 6.07) is 19.2. The van der Waals surface area contributed by atoms with Gasteiger partial charge in [0, 0.05) is 17.2 Å². The predicted octanol–water partition coefficient (Wildman–Crippen LogP) is 4.93. The molecule has 0 saturated heterocycles. The fourth-order valence-corrected chi connectivity index (χ4v) is 4.64. The van der Waals surface area contributed by atoms with Crippen molar-refractivity contribution >= 4 is 37.2 Å². The fraction of sp³-hybridized carbons (Fsp3) is 0.143. The summed E-state index contributed by atoms with van der Waals surface area (Å²) in [4.78, 5) is 11.2. The average molecular weight is 410 g/mol. The van der Waals surface area contributed by atoms with Crippen LogP contribution in [-0.4, -0.2) is 24.6 Å². The van der Waals surface area contributed by atoms with Gasteiger partial charge in [0.1, 0.15) is 17.0 Å². The topological polar surface area (TPSA) is 72.0 Å². The Kier molecular flexibility index (Phi) is 4.87. The van der Waals surface area contributed by atoms with E-state index in [-0.39, 0.29) is 6.04 Å². The highest BCUT2D eigenvalue weighted by molar-refractivity contribution is 7.90. The van der Waals surface area contributed by atoms with E-state index in [2.05, 4.69) is 33.5 Å². The minimum absolute atomic E-state index is 0.0354. The van der Waals surface area contributed by atoms with Gasteiger partial charge in [-0.3, -0.25) is 0 Å². The molecule has 142 valence electrons. The average Bonchev–Trinajstić information content (AvgIpc) is 3.13. The zero-order chi connectivity index (χ0) is 19.7. The van der Waals surface area contributed by atoms with Crippen LogP contribution in [0.3, 0.4) is 0 Å². The first-order chi connectivity index (χ1) is 13.4. The monoisotopic (exact) mass is 409 g/mol. The molecule has 5 nitrogen and oxygen atoms in total. The molecule has 0 bridgehead atoms. The highest BCUT2D eigenvalue weighted by atomic mass is 32.2. The summed E-state index contributed by atoms with van der Waals surface area (Å²) in [7, 11) is -3.20. The van der Waals surface area contributed by atoms with E-state index in [9.17, 15) is 8.42 Å². The minimum Gasteiger partial charge on any atom is -0.363 e. The Hall–Kier alpha value is -2.77. The Balaban J connectivity index is 1.63. The normalized spacial score (nSPS) is 12.8. The number of anilines is 1. The third kappa shape index (κ3) is 3.76. The molecule has 2 aromatic heterocycles. The van der Waals surface area contributed by atoms with E-state index in [0.717, 1.165) is 32.0 Å². The third-order valence-electron chi connectivity index (χ3n) is 4.55. The van der Waals surface area contributed by atoms with Gasteiger partial charge in [-0.15, -0.1) is 11.3 Å². The summed E-state index contributed by atoms with van der Waals surface area (Å²) in [5.41, 5.74) is 2.14. The molecule has 0 aliphatic carbocycles. The maximum absolute atomic E-state index is 11.6. The van der Waals surface area contributed by atoms with Crippen LogP contribution in [0.1, 0.15) is 18.5 Å². The van der Waals surface area contributed by atoms with Crippen molar-refractivity contribution < 1.29 is 8.42 Å². The lowest BCUT2D eigenvalue weighted by Crippen LogP contribution is -2.08. The fourth-order valence-electron chi connectivity index (χ4n) is 3.01. The van der Waals surface area contributed by atoms with Gasteiger partial charge in [-0.25, -0.2) is 18.4 Å². The van der Waals surface area contributed by atoms with Gasteiger partial charge in [-0.05, 0) is 36.2 Å². The molecule has 1 atom stereocenters. The Morgan fingerprint density at radius 3 is 2.39 bits per heavy atom. The van der Waals surface area contributed by atoms with E-state index in [0.29, 0.717) is 4.90 Å². The van der Waals surface area contributed by atoms with Gasteiger partial charge in [0.05, 0.1) is 10.3 Å².